The van der Waals surface area contributed by atoms with E-state index in [9.17, 15) is 8.78 Å². The molecule has 2 aromatic heterocycles. The zero-order chi connectivity index (χ0) is 15.1. The van der Waals surface area contributed by atoms with Gasteiger partial charge in [0.05, 0.1) is 5.69 Å². The van der Waals surface area contributed by atoms with Crippen molar-refractivity contribution in [3.8, 4) is 16.9 Å². The van der Waals surface area contributed by atoms with Gasteiger partial charge < -0.3 is 5.32 Å². The lowest BCUT2D eigenvalue weighted by Crippen LogP contribution is -2.06. The van der Waals surface area contributed by atoms with Crippen molar-refractivity contribution in [3.05, 3.63) is 59.9 Å². The molecule has 4 nitrogen and oxygen atoms in total. The van der Waals surface area contributed by atoms with Crippen LogP contribution in [-0.4, -0.2) is 21.3 Å². The molecule has 0 fully saturated rings. The van der Waals surface area contributed by atoms with Crippen molar-refractivity contribution in [1.29, 1.82) is 0 Å². The fourth-order valence-corrected chi connectivity index (χ4v) is 2.74. The maximum atomic E-state index is 14.1. The molecular formula is C16H12F2N4. The van der Waals surface area contributed by atoms with Crippen LogP contribution < -0.4 is 5.32 Å². The predicted octanol–water partition coefficient (Wildman–Crippen LogP) is 3.18. The Bertz CT molecular complexity index is 843. The molecule has 110 valence electrons. The molecule has 0 aliphatic carbocycles. The lowest BCUT2D eigenvalue weighted by molar-refractivity contribution is 0.574. The third-order valence-electron chi connectivity index (χ3n) is 3.74. The fourth-order valence-electron chi connectivity index (χ4n) is 2.74. The number of rotatable bonds is 2. The summed E-state index contributed by atoms with van der Waals surface area (Å²) in [6, 6.07) is 7.23. The largest absolute Gasteiger partial charge is 0.369 e. The quantitative estimate of drug-likeness (QED) is 0.790. The summed E-state index contributed by atoms with van der Waals surface area (Å²) in [5, 5.41) is 7.75. The highest BCUT2D eigenvalue weighted by molar-refractivity contribution is 5.72. The van der Waals surface area contributed by atoms with Crippen LogP contribution >= 0.6 is 0 Å². The summed E-state index contributed by atoms with van der Waals surface area (Å²) in [7, 11) is 0. The van der Waals surface area contributed by atoms with Crippen LogP contribution in [0.15, 0.2) is 42.7 Å². The number of aromatic nitrogens is 3. The van der Waals surface area contributed by atoms with Crippen LogP contribution in [0.3, 0.4) is 0 Å². The van der Waals surface area contributed by atoms with Gasteiger partial charge in [-0.2, -0.15) is 5.10 Å². The van der Waals surface area contributed by atoms with Crippen LogP contribution in [0.1, 0.15) is 5.56 Å². The number of anilines is 1. The highest BCUT2D eigenvalue weighted by Crippen LogP contribution is 2.34. The second kappa shape index (κ2) is 4.91. The van der Waals surface area contributed by atoms with E-state index in [0.717, 1.165) is 41.7 Å². The molecule has 0 radical (unpaired) electrons. The topological polar surface area (TPSA) is 42.7 Å². The first-order valence-electron chi connectivity index (χ1n) is 6.95. The number of hydrogen-bond donors (Lipinski definition) is 1. The van der Waals surface area contributed by atoms with Gasteiger partial charge >= 0.3 is 0 Å². The average molecular weight is 298 g/mol. The van der Waals surface area contributed by atoms with E-state index in [4.69, 9.17) is 0 Å². The monoisotopic (exact) mass is 298 g/mol. The fraction of sp³-hybridized carbons (Fsp3) is 0.125. The molecule has 0 saturated carbocycles. The maximum absolute atomic E-state index is 14.1. The molecule has 4 rings (SSSR count). The van der Waals surface area contributed by atoms with E-state index in [1.54, 1.807) is 12.4 Å². The number of nitrogens with zero attached hydrogens (tertiary/aromatic N) is 3. The highest BCUT2D eigenvalue weighted by atomic mass is 19.1. The standard InChI is InChI=1S/C16H12F2N4/c17-11-1-2-14(13(18)9-11)22-16-12(5-8-20-16)15(21-22)10-3-6-19-7-4-10/h1-4,6-7,9,20H,5,8H2. The Morgan fingerprint density at radius 3 is 2.68 bits per heavy atom. The molecule has 1 aromatic carbocycles. The van der Waals surface area contributed by atoms with Gasteiger partial charge in [-0.1, -0.05) is 0 Å². The smallest absolute Gasteiger partial charge is 0.151 e. The van der Waals surface area contributed by atoms with E-state index in [0.29, 0.717) is 0 Å². The minimum absolute atomic E-state index is 0.229. The van der Waals surface area contributed by atoms with Crippen LogP contribution in [0.4, 0.5) is 14.6 Å². The zero-order valence-electron chi connectivity index (χ0n) is 11.6. The zero-order valence-corrected chi connectivity index (χ0v) is 11.6. The van der Waals surface area contributed by atoms with Gasteiger partial charge in [-0.15, -0.1) is 0 Å². The first-order chi connectivity index (χ1) is 10.7. The van der Waals surface area contributed by atoms with E-state index in [2.05, 4.69) is 15.4 Å². The first-order valence-corrected chi connectivity index (χ1v) is 6.95. The van der Waals surface area contributed by atoms with Crippen LogP contribution in [0, 0.1) is 11.6 Å². The summed E-state index contributed by atoms with van der Waals surface area (Å²) in [6.07, 6.45) is 4.21. The molecule has 3 aromatic rings. The van der Waals surface area contributed by atoms with Gasteiger partial charge in [0.2, 0.25) is 0 Å². The van der Waals surface area contributed by atoms with Crippen LogP contribution in [-0.2, 0) is 6.42 Å². The average Bonchev–Trinajstić information content (AvgIpc) is 3.11. The van der Waals surface area contributed by atoms with Gasteiger partial charge in [0.25, 0.3) is 0 Å². The van der Waals surface area contributed by atoms with Crippen LogP contribution in [0.5, 0.6) is 0 Å². The van der Waals surface area contributed by atoms with E-state index in [-0.39, 0.29) is 5.69 Å². The summed E-state index contributed by atoms with van der Waals surface area (Å²) in [5.74, 6) is -0.482. The second-order valence-electron chi connectivity index (χ2n) is 5.10. The molecule has 0 unspecified atom stereocenters. The van der Waals surface area contributed by atoms with E-state index in [1.165, 1.54) is 16.8 Å². The maximum Gasteiger partial charge on any atom is 0.151 e. The summed E-state index contributed by atoms with van der Waals surface area (Å²) < 4.78 is 28.7. The number of halogens is 2. The molecule has 0 saturated heterocycles. The number of benzene rings is 1. The van der Waals surface area contributed by atoms with Crippen LogP contribution in [0.25, 0.3) is 16.9 Å². The summed E-state index contributed by atoms with van der Waals surface area (Å²) in [5.41, 5.74) is 2.99. The van der Waals surface area contributed by atoms with Crippen LogP contribution in [0.2, 0.25) is 0 Å². The lowest BCUT2D eigenvalue weighted by Gasteiger charge is -2.07. The Kier molecular flexibility index (Phi) is 2.89. The molecule has 0 atom stereocenters. The Morgan fingerprint density at radius 1 is 1.09 bits per heavy atom. The van der Waals surface area contributed by atoms with Gasteiger partial charge in [0, 0.05) is 36.1 Å². The molecule has 0 bridgehead atoms. The number of fused-ring (bicyclic) bond motifs is 1. The summed E-state index contributed by atoms with van der Waals surface area (Å²) >= 11 is 0. The van der Waals surface area contributed by atoms with E-state index in [1.807, 2.05) is 12.1 Å². The van der Waals surface area contributed by atoms with Gasteiger partial charge in [0.15, 0.2) is 5.82 Å². The second-order valence-corrected chi connectivity index (χ2v) is 5.10. The van der Waals surface area contributed by atoms with Gasteiger partial charge in [0.1, 0.15) is 17.3 Å². The normalized spacial score (nSPS) is 13.0. The van der Waals surface area contributed by atoms with E-state index >= 15 is 0 Å². The molecule has 1 aliphatic rings. The van der Waals surface area contributed by atoms with E-state index < -0.39 is 11.6 Å². The van der Waals surface area contributed by atoms with Crippen molar-refractivity contribution in [2.24, 2.45) is 0 Å². The molecule has 0 spiro atoms. The highest BCUT2D eigenvalue weighted by Gasteiger charge is 2.25. The molecule has 6 heteroatoms. The van der Waals surface area contributed by atoms with Crippen molar-refractivity contribution in [2.45, 2.75) is 6.42 Å². The Balaban J connectivity index is 1.92. The third-order valence-corrected chi connectivity index (χ3v) is 3.74. The molecule has 22 heavy (non-hydrogen) atoms. The molecular weight excluding hydrogens is 286 g/mol. The van der Waals surface area contributed by atoms with Crippen molar-refractivity contribution >= 4 is 5.82 Å². The Morgan fingerprint density at radius 2 is 1.91 bits per heavy atom. The van der Waals surface area contributed by atoms with Crippen molar-refractivity contribution in [1.82, 2.24) is 14.8 Å². The third kappa shape index (κ3) is 1.95. The molecule has 0 amide bonds. The van der Waals surface area contributed by atoms with Crippen molar-refractivity contribution in [2.75, 3.05) is 11.9 Å². The minimum atomic E-state index is -0.639. The number of nitrogens with one attached hydrogen (secondary N) is 1. The van der Waals surface area contributed by atoms with Gasteiger partial charge in [-0.05, 0) is 30.7 Å². The lowest BCUT2D eigenvalue weighted by atomic mass is 10.1. The summed E-state index contributed by atoms with van der Waals surface area (Å²) in [4.78, 5) is 4.00. The van der Waals surface area contributed by atoms with Gasteiger partial charge in [-0.25, -0.2) is 13.5 Å². The van der Waals surface area contributed by atoms with Crippen molar-refractivity contribution < 1.29 is 8.78 Å². The molecule has 1 N–H and O–H groups in total. The molecule has 3 heterocycles. The SMILES string of the molecule is Fc1ccc(-n2nc(-c3ccncc3)c3c2NCC3)c(F)c1. The predicted molar refractivity (Wildman–Crippen MR) is 78.9 cm³/mol. The van der Waals surface area contributed by atoms with Crippen molar-refractivity contribution in [3.63, 3.8) is 0 Å². The number of pyridine rings is 1. The Hall–Kier alpha value is -2.76. The Labute approximate surface area is 125 Å². The number of hydrogen-bond acceptors (Lipinski definition) is 3. The summed E-state index contributed by atoms with van der Waals surface area (Å²) in [6.45, 7) is 0.772. The molecule has 1 aliphatic heterocycles. The minimum Gasteiger partial charge on any atom is -0.369 e. The van der Waals surface area contributed by atoms with Gasteiger partial charge in [-0.3, -0.25) is 4.98 Å². The first kappa shape index (κ1) is 12.9.